The lowest BCUT2D eigenvalue weighted by Gasteiger charge is -2.33. The van der Waals surface area contributed by atoms with E-state index in [-0.39, 0.29) is 5.91 Å². The Hall–Kier alpha value is -1.62. The molecule has 0 spiro atoms. The second-order valence-corrected chi connectivity index (χ2v) is 6.70. The highest BCUT2D eigenvalue weighted by atomic mass is 16.2. The number of pyridine rings is 1. The number of rotatable bonds is 3. The summed E-state index contributed by atoms with van der Waals surface area (Å²) in [4.78, 5) is 23.7. The smallest absolute Gasteiger partial charge is 0.255 e. The highest BCUT2D eigenvalue weighted by Gasteiger charge is 2.38. The van der Waals surface area contributed by atoms with Crippen LogP contribution in [-0.2, 0) is 0 Å². The van der Waals surface area contributed by atoms with Gasteiger partial charge in [0.05, 0.1) is 5.56 Å². The molecule has 1 aromatic rings. The summed E-state index contributed by atoms with van der Waals surface area (Å²) >= 11 is 0. The molecule has 5 heteroatoms. The molecule has 2 aliphatic heterocycles. The molecule has 0 saturated carbocycles. The second-order valence-electron chi connectivity index (χ2n) is 6.70. The Morgan fingerprint density at radius 3 is 2.50 bits per heavy atom. The van der Waals surface area contributed by atoms with Crippen molar-refractivity contribution in [3.8, 4) is 0 Å². The summed E-state index contributed by atoms with van der Waals surface area (Å²) in [6.07, 6.45) is 6.42. The average molecular weight is 302 g/mol. The first-order valence-electron chi connectivity index (χ1n) is 8.22. The molecule has 3 heterocycles. The lowest BCUT2D eigenvalue weighted by atomic mass is 10.0. The quantitative estimate of drug-likeness (QED) is 0.854. The number of nitrogens with zero attached hydrogens (tertiary/aromatic N) is 4. The predicted octanol–water partition coefficient (Wildman–Crippen LogP) is 1.85. The number of likely N-dealkylation sites (tertiary alicyclic amines) is 2. The van der Waals surface area contributed by atoms with Crippen molar-refractivity contribution in [1.82, 2.24) is 14.8 Å². The van der Waals surface area contributed by atoms with Gasteiger partial charge in [0.15, 0.2) is 0 Å². The van der Waals surface area contributed by atoms with Crippen LogP contribution in [0.4, 0.5) is 5.82 Å². The number of amides is 1. The van der Waals surface area contributed by atoms with Gasteiger partial charge in [-0.2, -0.15) is 0 Å². The first-order valence-corrected chi connectivity index (χ1v) is 8.22. The minimum Gasteiger partial charge on any atom is -0.363 e. The average Bonchev–Trinajstić information content (AvgIpc) is 3.14. The zero-order valence-electron chi connectivity index (χ0n) is 13.8. The molecule has 2 fully saturated rings. The monoisotopic (exact) mass is 302 g/mol. The van der Waals surface area contributed by atoms with E-state index < -0.39 is 0 Å². The van der Waals surface area contributed by atoms with Crippen molar-refractivity contribution in [2.45, 2.75) is 37.8 Å². The lowest BCUT2D eigenvalue weighted by Crippen LogP contribution is -2.47. The maximum atomic E-state index is 12.9. The van der Waals surface area contributed by atoms with E-state index in [0.29, 0.717) is 17.6 Å². The molecule has 22 heavy (non-hydrogen) atoms. The summed E-state index contributed by atoms with van der Waals surface area (Å²) in [5.74, 6) is 1.02. The van der Waals surface area contributed by atoms with Crippen LogP contribution in [0.3, 0.4) is 0 Å². The minimum atomic E-state index is 0.139. The van der Waals surface area contributed by atoms with Gasteiger partial charge < -0.3 is 14.7 Å². The third-order valence-corrected chi connectivity index (χ3v) is 5.03. The van der Waals surface area contributed by atoms with E-state index in [1.165, 1.54) is 12.8 Å². The Balaban J connectivity index is 1.75. The molecule has 0 aliphatic carbocycles. The van der Waals surface area contributed by atoms with Crippen LogP contribution in [-0.4, -0.2) is 67.0 Å². The second kappa shape index (κ2) is 6.24. The van der Waals surface area contributed by atoms with Gasteiger partial charge in [-0.05, 0) is 51.4 Å². The highest BCUT2D eigenvalue weighted by molar-refractivity contribution is 5.94. The standard InChI is InChI=1S/C17H26N4O/c1-19(2)16-9-8-13(12-18-16)17(22)21-11-5-7-15(21)14-6-4-10-20(14)3/h8-9,12,14-15H,4-7,10-11H2,1-3H3/t14-,15-/m0/s1. The Labute approximate surface area is 132 Å². The summed E-state index contributed by atoms with van der Waals surface area (Å²) in [6.45, 7) is 2.03. The van der Waals surface area contributed by atoms with Crippen molar-refractivity contribution in [2.75, 3.05) is 39.1 Å². The number of likely N-dealkylation sites (N-methyl/N-ethyl adjacent to an activating group) is 1. The minimum absolute atomic E-state index is 0.139. The van der Waals surface area contributed by atoms with E-state index in [1.54, 1.807) is 6.20 Å². The Morgan fingerprint density at radius 1 is 1.18 bits per heavy atom. The van der Waals surface area contributed by atoms with E-state index in [9.17, 15) is 4.79 Å². The molecule has 1 aromatic heterocycles. The van der Waals surface area contributed by atoms with Crippen molar-refractivity contribution in [1.29, 1.82) is 0 Å². The number of carbonyl (C=O) groups is 1. The van der Waals surface area contributed by atoms with E-state index in [0.717, 1.165) is 31.7 Å². The Morgan fingerprint density at radius 2 is 1.91 bits per heavy atom. The van der Waals surface area contributed by atoms with Crippen LogP contribution in [0.1, 0.15) is 36.0 Å². The maximum absolute atomic E-state index is 12.9. The van der Waals surface area contributed by atoms with Crippen LogP contribution in [0.5, 0.6) is 0 Å². The molecular weight excluding hydrogens is 276 g/mol. The van der Waals surface area contributed by atoms with Gasteiger partial charge in [0.2, 0.25) is 0 Å². The van der Waals surface area contributed by atoms with Crippen LogP contribution in [0, 0.1) is 0 Å². The van der Waals surface area contributed by atoms with Gasteiger partial charge in [0, 0.05) is 38.9 Å². The summed E-state index contributed by atoms with van der Waals surface area (Å²) < 4.78 is 0. The van der Waals surface area contributed by atoms with Crippen molar-refractivity contribution in [3.05, 3.63) is 23.9 Å². The Bertz CT molecular complexity index is 528. The SMILES string of the molecule is CN(C)c1ccc(C(=O)N2CCC[C@H]2[C@@H]2CCCN2C)cn1. The lowest BCUT2D eigenvalue weighted by molar-refractivity contribution is 0.0664. The molecular formula is C17H26N4O. The van der Waals surface area contributed by atoms with Gasteiger partial charge in [-0.25, -0.2) is 4.98 Å². The summed E-state index contributed by atoms with van der Waals surface area (Å²) in [6, 6.07) is 4.72. The summed E-state index contributed by atoms with van der Waals surface area (Å²) in [7, 11) is 6.10. The molecule has 2 saturated heterocycles. The fourth-order valence-electron chi connectivity index (χ4n) is 3.81. The number of hydrogen-bond acceptors (Lipinski definition) is 4. The van der Waals surface area contributed by atoms with Crippen LogP contribution in [0.25, 0.3) is 0 Å². The third-order valence-electron chi connectivity index (χ3n) is 5.03. The van der Waals surface area contributed by atoms with Gasteiger partial charge >= 0.3 is 0 Å². The molecule has 120 valence electrons. The third kappa shape index (κ3) is 2.82. The highest BCUT2D eigenvalue weighted by Crippen LogP contribution is 2.30. The normalized spacial score (nSPS) is 25.7. The Kier molecular flexibility index (Phi) is 4.34. The molecule has 0 N–H and O–H groups in total. The van der Waals surface area contributed by atoms with Crippen LogP contribution < -0.4 is 4.90 Å². The predicted molar refractivity (Wildman–Crippen MR) is 88.3 cm³/mol. The summed E-state index contributed by atoms with van der Waals surface area (Å²) in [5, 5.41) is 0. The first-order chi connectivity index (χ1) is 10.6. The zero-order chi connectivity index (χ0) is 15.7. The molecule has 5 nitrogen and oxygen atoms in total. The molecule has 3 rings (SSSR count). The summed E-state index contributed by atoms with van der Waals surface area (Å²) in [5.41, 5.74) is 0.707. The molecule has 0 bridgehead atoms. The van der Waals surface area contributed by atoms with E-state index in [4.69, 9.17) is 0 Å². The zero-order valence-corrected chi connectivity index (χ0v) is 13.8. The fraction of sp³-hybridized carbons (Fsp3) is 0.647. The first kappa shape index (κ1) is 15.3. The van der Waals surface area contributed by atoms with E-state index >= 15 is 0 Å². The molecule has 2 aliphatic rings. The van der Waals surface area contributed by atoms with Gasteiger partial charge in [0.25, 0.3) is 5.91 Å². The number of anilines is 1. The topological polar surface area (TPSA) is 39.7 Å². The van der Waals surface area contributed by atoms with E-state index in [1.807, 2.05) is 31.1 Å². The van der Waals surface area contributed by atoms with Gasteiger partial charge in [-0.15, -0.1) is 0 Å². The molecule has 1 amide bonds. The van der Waals surface area contributed by atoms with Crippen molar-refractivity contribution in [3.63, 3.8) is 0 Å². The molecule has 2 atom stereocenters. The number of aromatic nitrogens is 1. The van der Waals surface area contributed by atoms with Crippen molar-refractivity contribution in [2.24, 2.45) is 0 Å². The van der Waals surface area contributed by atoms with E-state index in [2.05, 4.69) is 21.8 Å². The van der Waals surface area contributed by atoms with Crippen LogP contribution in [0.15, 0.2) is 18.3 Å². The van der Waals surface area contributed by atoms with Crippen LogP contribution >= 0.6 is 0 Å². The number of carbonyl (C=O) groups excluding carboxylic acids is 1. The fourth-order valence-corrected chi connectivity index (χ4v) is 3.81. The van der Waals surface area contributed by atoms with Gasteiger partial charge in [0.1, 0.15) is 5.82 Å². The van der Waals surface area contributed by atoms with Gasteiger partial charge in [-0.1, -0.05) is 0 Å². The number of hydrogen-bond donors (Lipinski definition) is 0. The maximum Gasteiger partial charge on any atom is 0.255 e. The largest absolute Gasteiger partial charge is 0.363 e. The van der Waals surface area contributed by atoms with Crippen molar-refractivity contribution < 1.29 is 4.79 Å². The van der Waals surface area contributed by atoms with Crippen molar-refractivity contribution >= 4 is 11.7 Å². The molecule has 0 aromatic carbocycles. The molecule has 0 unspecified atom stereocenters. The molecule has 0 radical (unpaired) electrons. The van der Waals surface area contributed by atoms with Crippen LogP contribution in [0.2, 0.25) is 0 Å². The van der Waals surface area contributed by atoms with Gasteiger partial charge in [-0.3, -0.25) is 4.79 Å².